The summed E-state index contributed by atoms with van der Waals surface area (Å²) < 4.78 is 19.6. The molecule has 1 fully saturated rings. The molecule has 0 bridgehead atoms. The van der Waals surface area contributed by atoms with Crippen LogP contribution in [0.15, 0.2) is 60.8 Å². The van der Waals surface area contributed by atoms with Gasteiger partial charge in [-0.2, -0.15) is 0 Å². The van der Waals surface area contributed by atoms with E-state index < -0.39 is 12.1 Å². The molecule has 6 nitrogen and oxygen atoms in total. The van der Waals surface area contributed by atoms with Gasteiger partial charge in [0.25, 0.3) is 0 Å². The maximum Gasteiger partial charge on any atom is 0.243 e. The zero-order valence-electron chi connectivity index (χ0n) is 26.0. The average molecular weight is 580 g/mol. The van der Waals surface area contributed by atoms with Crippen LogP contribution in [0.25, 0.3) is 0 Å². The fraction of sp³-hybridized carbons (Fsp3) is 0.543. The van der Waals surface area contributed by atoms with Gasteiger partial charge in [0.15, 0.2) is 0 Å². The van der Waals surface area contributed by atoms with Crippen LogP contribution in [-0.4, -0.2) is 37.0 Å². The van der Waals surface area contributed by atoms with Crippen LogP contribution in [0.1, 0.15) is 71.4 Å². The SMILES string of the molecule is C=C(N[C@@H](C(=O)N[C@@H](CC1CC1)C(=O)NCCCc1ccccc1OCC(C)C)C(C)C)[C@H](C)Cc1cccc(F)c1. The maximum absolute atomic E-state index is 13.6. The fourth-order valence-corrected chi connectivity index (χ4v) is 4.92. The lowest BCUT2D eigenvalue weighted by molar-refractivity contribution is -0.130. The lowest BCUT2D eigenvalue weighted by atomic mass is 9.96. The molecule has 2 aromatic carbocycles. The van der Waals surface area contributed by atoms with Gasteiger partial charge in [0.05, 0.1) is 6.61 Å². The number of ether oxygens (including phenoxy) is 1. The molecular formula is C35H50FN3O3. The quantitative estimate of drug-likeness (QED) is 0.184. The van der Waals surface area contributed by atoms with E-state index in [9.17, 15) is 14.0 Å². The summed E-state index contributed by atoms with van der Waals surface area (Å²) in [7, 11) is 0. The number of aryl methyl sites for hydroxylation is 1. The van der Waals surface area contributed by atoms with Crippen molar-refractivity contribution in [3.05, 3.63) is 77.8 Å². The molecule has 1 saturated carbocycles. The van der Waals surface area contributed by atoms with Crippen molar-refractivity contribution < 1.29 is 18.7 Å². The van der Waals surface area contributed by atoms with Gasteiger partial charge >= 0.3 is 0 Å². The standard InChI is InChI=1S/C35H50FN3O3/c1-23(2)22-42-32-15-8-7-12-29(32)13-10-18-37-34(40)31(21-27-16-17-27)39-35(41)33(24(3)4)38-26(6)25(5)19-28-11-9-14-30(36)20-28/h7-9,11-12,14-15,20,23-25,27,31,33,38H,6,10,13,16-19,21-22H2,1-5H3,(H,37,40)(H,39,41)/t25-,31+,33-/m1/s1. The molecule has 0 heterocycles. The predicted molar refractivity (Wildman–Crippen MR) is 168 cm³/mol. The van der Waals surface area contributed by atoms with Gasteiger partial charge in [-0.3, -0.25) is 9.59 Å². The molecular weight excluding hydrogens is 529 g/mol. The maximum atomic E-state index is 13.6. The highest BCUT2D eigenvalue weighted by Crippen LogP contribution is 2.33. The molecule has 1 aliphatic carbocycles. The van der Waals surface area contributed by atoms with E-state index in [-0.39, 0.29) is 29.5 Å². The van der Waals surface area contributed by atoms with Gasteiger partial charge < -0.3 is 20.7 Å². The van der Waals surface area contributed by atoms with E-state index in [1.807, 2.05) is 45.0 Å². The first-order valence-electron chi connectivity index (χ1n) is 15.5. The van der Waals surface area contributed by atoms with Crippen LogP contribution in [0.3, 0.4) is 0 Å². The highest BCUT2D eigenvalue weighted by atomic mass is 19.1. The van der Waals surface area contributed by atoms with Gasteiger partial charge in [-0.05, 0) is 78.7 Å². The van der Waals surface area contributed by atoms with Crippen molar-refractivity contribution in [3.8, 4) is 5.75 Å². The first-order valence-corrected chi connectivity index (χ1v) is 15.5. The Kier molecular flexibility index (Phi) is 12.9. The Morgan fingerprint density at radius 3 is 2.40 bits per heavy atom. The smallest absolute Gasteiger partial charge is 0.243 e. The number of benzene rings is 2. The summed E-state index contributed by atoms with van der Waals surface area (Å²) in [6.45, 7) is 15.6. The van der Waals surface area contributed by atoms with E-state index in [0.29, 0.717) is 43.5 Å². The number of carbonyl (C=O) groups excluding carboxylic acids is 2. The van der Waals surface area contributed by atoms with Gasteiger partial charge in [0.2, 0.25) is 11.8 Å². The zero-order valence-corrected chi connectivity index (χ0v) is 26.0. The Morgan fingerprint density at radius 1 is 1.00 bits per heavy atom. The van der Waals surface area contributed by atoms with Crippen molar-refractivity contribution in [2.45, 2.75) is 85.2 Å². The van der Waals surface area contributed by atoms with Crippen LogP contribution in [0.4, 0.5) is 4.39 Å². The Hall–Kier alpha value is -3.35. The third kappa shape index (κ3) is 11.1. The van der Waals surface area contributed by atoms with Gasteiger partial charge in [-0.15, -0.1) is 0 Å². The molecule has 230 valence electrons. The second kappa shape index (κ2) is 16.3. The van der Waals surface area contributed by atoms with E-state index in [2.05, 4.69) is 42.4 Å². The Morgan fingerprint density at radius 2 is 1.74 bits per heavy atom. The largest absolute Gasteiger partial charge is 0.493 e. The molecule has 0 spiro atoms. The van der Waals surface area contributed by atoms with Crippen molar-refractivity contribution >= 4 is 11.8 Å². The first kappa shape index (κ1) is 33.2. The van der Waals surface area contributed by atoms with Crippen LogP contribution in [-0.2, 0) is 22.4 Å². The summed E-state index contributed by atoms with van der Waals surface area (Å²) in [5, 5.41) is 9.41. The molecule has 3 rings (SSSR count). The highest BCUT2D eigenvalue weighted by Gasteiger charge is 2.33. The minimum Gasteiger partial charge on any atom is -0.493 e. The van der Waals surface area contributed by atoms with Crippen molar-refractivity contribution in [2.75, 3.05) is 13.2 Å². The minimum atomic E-state index is -0.576. The van der Waals surface area contributed by atoms with Crippen molar-refractivity contribution in [1.82, 2.24) is 16.0 Å². The van der Waals surface area contributed by atoms with Crippen LogP contribution < -0.4 is 20.7 Å². The summed E-state index contributed by atoms with van der Waals surface area (Å²) in [6, 6.07) is 13.5. The summed E-state index contributed by atoms with van der Waals surface area (Å²) in [4.78, 5) is 26.7. The van der Waals surface area contributed by atoms with Crippen molar-refractivity contribution in [3.63, 3.8) is 0 Å². The van der Waals surface area contributed by atoms with Gasteiger partial charge in [0, 0.05) is 12.2 Å². The van der Waals surface area contributed by atoms with E-state index >= 15 is 0 Å². The van der Waals surface area contributed by atoms with Crippen molar-refractivity contribution in [2.24, 2.45) is 23.7 Å². The Labute approximate surface area is 251 Å². The topological polar surface area (TPSA) is 79.5 Å². The number of amides is 2. The minimum absolute atomic E-state index is 0.00712. The van der Waals surface area contributed by atoms with E-state index in [1.165, 1.54) is 12.1 Å². The molecule has 1 aliphatic rings. The van der Waals surface area contributed by atoms with Crippen LogP contribution in [0.2, 0.25) is 0 Å². The second-order valence-electron chi connectivity index (χ2n) is 12.6. The predicted octanol–water partition coefficient (Wildman–Crippen LogP) is 6.20. The number of hydrogen-bond donors (Lipinski definition) is 3. The van der Waals surface area contributed by atoms with Gasteiger partial charge in [-0.25, -0.2) is 4.39 Å². The molecule has 7 heteroatoms. The highest BCUT2D eigenvalue weighted by molar-refractivity contribution is 5.90. The molecule has 3 N–H and O–H groups in total. The van der Waals surface area contributed by atoms with Crippen LogP contribution >= 0.6 is 0 Å². The number of para-hydroxylation sites is 1. The third-order valence-corrected chi connectivity index (χ3v) is 7.68. The molecule has 0 saturated heterocycles. The van der Waals surface area contributed by atoms with Crippen LogP contribution in [0.5, 0.6) is 5.75 Å². The fourth-order valence-electron chi connectivity index (χ4n) is 4.92. The lowest BCUT2D eigenvalue weighted by Gasteiger charge is -2.28. The van der Waals surface area contributed by atoms with E-state index in [0.717, 1.165) is 42.6 Å². The first-order chi connectivity index (χ1) is 20.0. The number of hydrogen-bond acceptors (Lipinski definition) is 4. The summed E-state index contributed by atoms with van der Waals surface area (Å²) in [5.41, 5.74) is 2.73. The summed E-state index contributed by atoms with van der Waals surface area (Å²) in [5.74, 6) is 1.18. The molecule has 2 amide bonds. The molecule has 0 radical (unpaired) electrons. The number of carbonyl (C=O) groups is 2. The number of nitrogens with one attached hydrogen (secondary N) is 3. The number of rotatable bonds is 18. The molecule has 0 aromatic heterocycles. The lowest BCUT2D eigenvalue weighted by Crippen LogP contribution is -2.54. The molecule has 42 heavy (non-hydrogen) atoms. The zero-order chi connectivity index (χ0) is 30.6. The van der Waals surface area contributed by atoms with Gasteiger partial charge in [0.1, 0.15) is 23.7 Å². The molecule has 0 unspecified atom stereocenters. The Balaban J connectivity index is 1.53. The average Bonchev–Trinajstić information content (AvgIpc) is 3.76. The summed E-state index contributed by atoms with van der Waals surface area (Å²) in [6.07, 6.45) is 5.00. The summed E-state index contributed by atoms with van der Waals surface area (Å²) >= 11 is 0. The molecule has 2 aromatic rings. The number of halogens is 1. The molecule has 0 aliphatic heterocycles. The monoisotopic (exact) mass is 579 g/mol. The van der Waals surface area contributed by atoms with E-state index in [1.54, 1.807) is 6.07 Å². The van der Waals surface area contributed by atoms with Gasteiger partial charge in [-0.1, -0.05) is 84.4 Å². The third-order valence-electron chi connectivity index (χ3n) is 7.68. The normalized spacial score (nSPS) is 15.1. The van der Waals surface area contributed by atoms with Crippen molar-refractivity contribution in [1.29, 1.82) is 0 Å². The Bertz CT molecular complexity index is 1180. The molecule has 3 atom stereocenters. The second-order valence-corrected chi connectivity index (χ2v) is 12.6. The van der Waals surface area contributed by atoms with E-state index in [4.69, 9.17) is 4.74 Å². The van der Waals surface area contributed by atoms with Crippen LogP contribution in [0, 0.1) is 29.5 Å². The number of allylic oxidation sites excluding steroid dienone is 1.